The van der Waals surface area contributed by atoms with Crippen molar-refractivity contribution in [3.63, 3.8) is 0 Å². The summed E-state index contributed by atoms with van der Waals surface area (Å²) in [6, 6.07) is 16.6. The molecule has 0 N–H and O–H groups in total. The van der Waals surface area contributed by atoms with E-state index >= 15 is 0 Å². The highest BCUT2D eigenvalue weighted by atomic mass is 16.5. The summed E-state index contributed by atoms with van der Waals surface area (Å²) >= 11 is 0. The summed E-state index contributed by atoms with van der Waals surface area (Å²) < 4.78 is 11.1. The minimum absolute atomic E-state index is 0.170. The number of amides is 1. The Kier molecular flexibility index (Phi) is 8.05. The number of aryl methyl sites for hydroxylation is 1. The van der Waals surface area contributed by atoms with Crippen LogP contribution in [0.1, 0.15) is 54.6 Å². The van der Waals surface area contributed by atoms with Gasteiger partial charge in [0.1, 0.15) is 5.75 Å². The topological polar surface area (TPSA) is 42.0 Å². The van der Waals surface area contributed by atoms with Crippen LogP contribution in [0.5, 0.6) is 5.75 Å². The van der Waals surface area contributed by atoms with Gasteiger partial charge >= 0.3 is 0 Å². The molecule has 2 heterocycles. The standard InChI is InChI=1S/C28H38N2O3/c1-21-18-29(19-22(2)33-21)20-25-6-10-26(11-7-25)28(31)30-16-14-24(15-17-30)5-4-23-8-12-27(32-3)13-9-23/h6-13,21-22,24H,4-5,14-20H2,1-3H3. The quantitative estimate of drug-likeness (QED) is 0.608. The predicted molar refractivity (Wildman–Crippen MR) is 132 cm³/mol. The lowest BCUT2D eigenvalue weighted by molar-refractivity contribution is -0.0704. The van der Waals surface area contributed by atoms with E-state index in [1.165, 1.54) is 17.5 Å². The van der Waals surface area contributed by atoms with E-state index in [1.54, 1.807) is 7.11 Å². The fraction of sp³-hybridized carbons (Fsp3) is 0.536. The highest BCUT2D eigenvalue weighted by molar-refractivity contribution is 5.94. The number of rotatable bonds is 7. The van der Waals surface area contributed by atoms with Crippen LogP contribution in [-0.4, -0.2) is 61.2 Å². The van der Waals surface area contributed by atoms with Gasteiger partial charge in [0, 0.05) is 38.3 Å². The van der Waals surface area contributed by atoms with Crippen LogP contribution in [-0.2, 0) is 17.7 Å². The van der Waals surface area contributed by atoms with Crippen molar-refractivity contribution in [3.8, 4) is 5.75 Å². The normalized spacial score (nSPS) is 22.3. The summed E-state index contributed by atoms with van der Waals surface area (Å²) in [6.07, 6.45) is 5.00. The Morgan fingerprint density at radius 3 is 2.15 bits per heavy atom. The van der Waals surface area contributed by atoms with E-state index in [0.717, 1.165) is 63.3 Å². The maximum absolute atomic E-state index is 13.0. The Morgan fingerprint density at radius 1 is 0.939 bits per heavy atom. The summed E-state index contributed by atoms with van der Waals surface area (Å²) in [4.78, 5) is 17.5. The predicted octanol–water partition coefficient (Wildman–Crippen LogP) is 4.79. The molecule has 5 nitrogen and oxygen atoms in total. The zero-order chi connectivity index (χ0) is 23.2. The Balaban J connectivity index is 1.22. The van der Waals surface area contributed by atoms with Crippen LogP contribution in [0.3, 0.4) is 0 Å². The van der Waals surface area contributed by atoms with E-state index in [2.05, 4.69) is 43.0 Å². The van der Waals surface area contributed by atoms with Crippen LogP contribution in [0.25, 0.3) is 0 Å². The lowest BCUT2D eigenvalue weighted by atomic mass is 9.90. The molecule has 2 fully saturated rings. The molecule has 5 heteroatoms. The number of likely N-dealkylation sites (tertiary alicyclic amines) is 1. The average molecular weight is 451 g/mol. The molecule has 2 unspecified atom stereocenters. The molecule has 1 amide bonds. The zero-order valence-corrected chi connectivity index (χ0v) is 20.3. The summed E-state index contributed by atoms with van der Waals surface area (Å²) in [7, 11) is 1.70. The number of piperidine rings is 1. The molecule has 0 spiro atoms. The van der Waals surface area contributed by atoms with Crippen LogP contribution >= 0.6 is 0 Å². The monoisotopic (exact) mass is 450 g/mol. The van der Waals surface area contributed by atoms with Crippen molar-refractivity contribution in [2.45, 2.75) is 58.3 Å². The van der Waals surface area contributed by atoms with Gasteiger partial charge in [-0.2, -0.15) is 0 Å². The SMILES string of the molecule is COc1ccc(CCC2CCN(C(=O)c3ccc(CN4CC(C)OC(C)C4)cc3)CC2)cc1. The number of benzene rings is 2. The fourth-order valence-corrected chi connectivity index (χ4v) is 5.19. The molecule has 2 saturated heterocycles. The number of nitrogens with zero attached hydrogens (tertiary/aromatic N) is 2. The van der Waals surface area contributed by atoms with Crippen molar-refractivity contribution in [1.82, 2.24) is 9.80 Å². The second kappa shape index (κ2) is 11.2. The van der Waals surface area contributed by atoms with E-state index < -0.39 is 0 Å². The number of morpholine rings is 1. The molecule has 0 aromatic heterocycles. The zero-order valence-electron chi connectivity index (χ0n) is 20.3. The molecule has 33 heavy (non-hydrogen) atoms. The van der Waals surface area contributed by atoms with E-state index in [4.69, 9.17) is 9.47 Å². The Hall–Kier alpha value is -2.37. The van der Waals surface area contributed by atoms with Gasteiger partial charge in [-0.25, -0.2) is 0 Å². The van der Waals surface area contributed by atoms with Gasteiger partial charge < -0.3 is 14.4 Å². The first-order chi connectivity index (χ1) is 16.0. The maximum atomic E-state index is 13.0. The van der Waals surface area contributed by atoms with Gasteiger partial charge in [0.25, 0.3) is 5.91 Å². The molecule has 4 rings (SSSR count). The summed E-state index contributed by atoms with van der Waals surface area (Å²) in [5.74, 6) is 1.77. The minimum Gasteiger partial charge on any atom is -0.497 e. The third-order valence-electron chi connectivity index (χ3n) is 7.00. The number of carbonyl (C=O) groups is 1. The molecule has 178 valence electrons. The fourth-order valence-electron chi connectivity index (χ4n) is 5.19. The first-order valence-electron chi connectivity index (χ1n) is 12.4. The van der Waals surface area contributed by atoms with Crippen molar-refractivity contribution >= 4 is 5.91 Å². The Labute approximate surface area is 198 Å². The van der Waals surface area contributed by atoms with Gasteiger partial charge in [-0.1, -0.05) is 24.3 Å². The summed E-state index contributed by atoms with van der Waals surface area (Å²) in [5, 5.41) is 0. The van der Waals surface area contributed by atoms with Gasteiger partial charge in [-0.3, -0.25) is 9.69 Å². The van der Waals surface area contributed by atoms with Crippen LogP contribution in [0.15, 0.2) is 48.5 Å². The molecule has 2 atom stereocenters. The van der Waals surface area contributed by atoms with E-state index in [1.807, 2.05) is 29.2 Å². The number of hydrogen-bond donors (Lipinski definition) is 0. The molecule has 0 radical (unpaired) electrons. The van der Waals surface area contributed by atoms with Crippen molar-refractivity contribution in [2.75, 3.05) is 33.3 Å². The van der Waals surface area contributed by atoms with Gasteiger partial charge in [-0.15, -0.1) is 0 Å². The number of ether oxygens (including phenoxy) is 2. The van der Waals surface area contributed by atoms with Gasteiger partial charge in [0.05, 0.1) is 19.3 Å². The van der Waals surface area contributed by atoms with E-state index in [-0.39, 0.29) is 18.1 Å². The largest absolute Gasteiger partial charge is 0.497 e. The van der Waals surface area contributed by atoms with Gasteiger partial charge in [-0.05, 0) is 80.8 Å². The lowest BCUT2D eigenvalue weighted by Gasteiger charge is -2.35. The number of methoxy groups -OCH3 is 1. The van der Waals surface area contributed by atoms with Crippen LogP contribution in [0.2, 0.25) is 0 Å². The number of carbonyl (C=O) groups excluding carboxylic acids is 1. The van der Waals surface area contributed by atoms with E-state index in [0.29, 0.717) is 5.92 Å². The molecule has 0 aliphatic carbocycles. The van der Waals surface area contributed by atoms with Crippen molar-refractivity contribution < 1.29 is 14.3 Å². The molecular weight excluding hydrogens is 412 g/mol. The van der Waals surface area contributed by atoms with Gasteiger partial charge in [0.2, 0.25) is 0 Å². The Bertz CT molecular complexity index is 878. The first-order valence-corrected chi connectivity index (χ1v) is 12.4. The molecular formula is C28H38N2O3. The maximum Gasteiger partial charge on any atom is 0.253 e. The van der Waals surface area contributed by atoms with Crippen molar-refractivity contribution in [2.24, 2.45) is 5.92 Å². The molecule has 2 aromatic carbocycles. The van der Waals surface area contributed by atoms with Crippen LogP contribution in [0, 0.1) is 5.92 Å². The third-order valence-corrected chi connectivity index (χ3v) is 7.00. The summed E-state index contributed by atoms with van der Waals surface area (Å²) in [6.45, 7) is 8.80. The van der Waals surface area contributed by atoms with Crippen molar-refractivity contribution in [1.29, 1.82) is 0 Å². The van der Waals surface area contributed by atoms with E-state index in [9.17, 15) is 4.79 Å². The van der Waals surface area contributed by atoms with Crippen LogP contribution in [0.4, 0.5) is 0 Å². The second-order valence-electron chi connectivity index (χ2n) is 9.77. The molecule has 2 aromatic rings. The van der Waals surface area contributed by atoms with Crippen molar-refractivity contribution in [3.05, 3.63) is 65.2 Å². The smallest absolute Gasteiger partial charge is 0.253 e. The third kappa shape index (κ3) is 6.58. The highest BCUT2D eigenvalue weighted by Crippen LogP contribution is 2.24. The Morgan fingerprint density at radius 2 is 1.55 bits per heavy atom. The molecule has 0 bridgehead atoms. The summed E-state index contributed by atoms with van der Waals surface area (Å²) in [5.41, 5.74) is 3.42. The van der Waals surface area contributed by atoms with Crippen LogP contribution < -0.4 is 4.74 Å². The lowest BCUT2D eigenvalue weighted by Crippen LogP contribution is -2.44. The molecule has 2 aliphatic rings. The second-order valence-corrected chi connectivity index (χ2v) is 9.77. The molecule has 2 aliphatic heterocycles. The minimum atomic E-state index is 0.170. The highest BCUT2D eigenvalue weighted by Gasteiger charge is 2.24. The average Bonchev–Trinajstić information content (AvgIpc) is 2.83. The van der Waals surface area contributed by atoms with Gasteiger partial charge in [0.15, 0.2) is 0 Å². The molecule has 0 saturated carbocycles. The first kappa shape index (κ1) is 23.8. The number of hydrogen-bond acceptors (Lipinski definition) is 4.